The summed E-state index contributed by atoms with van der Waals surface area (Å²) in [5, 5.41) is 10.8. The molecule has 2 aliphatic heterocycles. The smallest absolute Gasteiger partial charge is 0.414 e. The Labute approximate surface area is 232 Å². The van der Waals surface area contributed by atoms with E-state index in [9.17, 15) is 19.2 Å². The highest BCUT2D eigenvalue weighted by molar-refractivity contribution is 6.12. The molecule has 4 rings (SSSR count). The highest BCUT2D eigenvalue weighted by Crippen LogP contribution is 2.23. The van der Waals surface area contributed by atoms with Crippen LogP contribution in [-0.4, -0.2) is 105 Å². The van der Waals surface area contributed by atoms with E-state index in [0.717, 1.165) is 26.2 Å². The molecule has 0 aromatic heterocycles. The van der Waals surface area contributed by atoms with E-state index in [1.54, 1.807) is 42.2 Å². The van der Waals surface area contributed by atoms with Crippen LogP contribution in [0.25, 0.3) is 0 Å². The zero-order chi connectivity index (χ0) is 28.6. The van der Waals surface area contributed by atoms with Crippen LogP contribution in [-0.2, 0) is 19.0 Å². The van der Waals surface area contributed by atoms with Crippen LogP contribution in [0.5, 0.6) is 0 Å². The Hall–Kier alpha value is -4.29. The molecule has 0 saturated carbocycles. The van der Waals surface area contributed by atoms with E-state index in [2.05, 4.69) is 19.9 Å². The molecule has 0 bridgehead atoms. The second kappa shape index (κ2) is 13.2. The van der Waals surface area contributed by atoms with Gasteiger partial charge in [0.1, 0.15) is 11.9 Å². The zero-order valence-corrected chi connectivity index (χ0v) is 22.6. The van der Waals surface area contributed by atoms with E-state index < -0.39 is 18.0 Å². The first-order valence-corrected chi connectivity index (χ1v) is 13.0. The van der Waals surface area contributed by atoms with Crippen LogP contribution < -0.4 is 10.2 Å². The Morgan fingerprint density at radius 1 is 1.00 bits per heavy atom. The summed E-state index contributed by atoms with van der Waals surface area (Å²) >= 11 is 0. The standard InChI is InChI=1S/C28H33N5O7/c1-3-39-24(34)18-32-13-11-31(12-14-32)16-23-17-33(28(37)40-23)22-9-7-19(8-10-22)25(29)30-26(35)20-5-4-6-21(15-20)27(36)38-2/h4-10,15,23H,3,11-14,16-18H2,1-2H3,(H2,29,30,35). The van der Waals surface area contributed by atoms with Gasteiger partial charge in [-0.1, -0.05) is 6.07 Å². The van der Waals surface area contributed by atoms with Gasteiger partial charge in [0.2, 0.25) is 0 Å². The number of nitrogens with zero attached hydrogens (tertiary/aromatic N) is 3. The number of nitrogens with one attached hydrogen (secondary N) is 2. The molecular weight excluding hydrogens is 518 g/mol. The maximum atomic E-state index is 12.6. The van der Waals surface area contributed by atoms with Gasteiger partial charge in [-0.3, -0.25) is 29.7 Å². The molecule has 1 unspecified atom stereocenters. The molecule has 0 spiro atoms. The normalized spacial score (nSPS) is 17.7. The van der Waals surface area contributed by atoms with Gasteiger partial charge in [-0.15, -0.1) is 0 Å². The van der Waals surface area contributed by atoms with Crippen molar-refractivity contribution in [1.82, 2.24) is 15.1 Å². The van der Waals surface area contributed by atoms with Crippen molar-refractivity contribution in [2.75, 3.05) is 64.4 Å². The van der Waals surface area contributed by atoms with E-state index in [4.69, 9.17) is 14.9 Å². The van der Waals surface area contributed by atoms with Crippen molar-refractivity contribution < 1.29 is 33.4 Å². The summed E-state index contributed by atoms with van der Waals surface area (Å²) in [5.74, 6) is -1.43. The summed E-state index contributed by atoms with van der Waals surface area (Å²) in [6.45, 7) is 6.46. The minimum atomic E-state index is -0.559. The first-order chi connectivity index (χ1) is 19.3. The van der Waals surface area contributed by atoms with Crippen LogP contribution in [0.3, 0.4) is 0 Å². The molecule has 12 nitrogen and oxygen atoms in total. The maximum absolute atomic E-state index is 12.6. The Morgan fingerprint density at radius 3 is 2.35 bits per heavy atom. The lowest BCUT2D eigenvalue weighted by Crippen LogP contribution is -2.50. The molecule has 2 fully saturated rings. The number of esters is 2. The topological polar surface area (TPSA) is 142 Å². The number of piperazine rings is 1. The van der Waals surface area contributed by atoms with Crippen molar-refractivity contribution in [3.63, 3.8) is 0 Å². The number of amidine groups is 1. The number of amides is 2. The number of carbonyl (C=O) groups is 4. The van der Waals surface area contributed by atoms with E-state index in [1.165, 1.54) is 25.3 Å². The van der Waals surface area contributed by atoms with Gasteiger partial charge in [-0.25, -0.2) is 9.59 Å². The number of benzene rings is 2. The third-order valence-electron chi connectivity index (χ3n) is 6.71. The molecular formula is C28H33N5O7. The number of rotatable bonds is 9. The number of carbonyl (C=O) groups excluding carboxylic acids is 4. The fourth-order valence-electron chi connectivity index (χ4n) is 4.61. The fraction of sp³-hybridized carbons (Fsp3) is 0.393. The molecule has 2 aromatic rings. The average molecular weight is 552 g/mol. The molecule has 212 valence electrons. The van der Waals surface area contributed by atoms with Gasteiger partial charge in [-0.05, 0) is 49.4 Å². The lowest BCUT2D eigenvalue weighted by Gasteiger charge is -2.34. The van der Waals surface area contributed by atoms with Crippen molar-refractivity contribution >= 4 is 35.5 Å². The second-order valence-corrected chi connectivity index (χ2v) is 9.45. The maximum Gasteiger partial charge on any atom is 0.414 e. The summed E-state index contributed by atoms with van der Waals surface area (Å²) in [6.07, 6.45) is -0.727. The van der Waals surface area contributed by atoms with Gasteiger partial charge in [-0.2, -0.15) is 0 Å². The average Bonchev–Trinajstić information content (AvgIpc) is 3.33. The largest absolute Gasteiger partial charge is 0.465 e. The lowest BCUT2D eigenvalue weighted by atomic mass is 10.1. The number of ether oxygens (including phenoxy) is 3. The third kappa shape index (κ3) is 7.21. The minimum Gasteiger partial charge on any atom is -0.465 e. The Morgan fingerprint density at radius 2 is 1.68 bits per heavy atom. The summed E-state index contributed by atoms with van der Waals surface area (Å²) in [7, 11) is 1.26. The first kappa shape index (κ1) is 28.7. The molecule has 2 saturated heterocycles. The quantitative estimate of drug-likeness (QED) is 0.206. The highest BCUT2D eigenvalue weighted by atomic mass is 16.6. The van der Waals surface area contributed by atoms with Gasteiger partial charge in [0.25, 0.3) is 5.91 Å². The molecule has 0 radical (unpaired) electrons. The summed E-state index contributed by atoms with van der Waals surface area (Å²) < 4.78 is 15.3. The SMILES string of the molecule is CCOC(=O)CN1CCN(CC2CN(c3ccc(C(=N)NC(=O)c4cccc(C(=O)OC)c4)cc3)C(=O)O2)CC1. The molecule has 40 heavy (non-hydrogen) atoms. The van der Waals surface area contributed by atoms with Crippen molar-refractivity contribution in [2.45, 2.75) is 13.0 Å². The predicted molar refractivity (Wildman–Crippen MR) is 146 cm³/mol. The second-order valence-electron chi connectivity index (χ2n) is 9.45. The third-order valence-corrected chi connectivity index (χ3v) is 6.71. The van der Waals surface area contributed by atoms with Gasteiger partial charge in [0, 0.05) is 49.5 Å². The van der Waals surface area contributed by atoms with Crippen LogP contribution >= 0.6 is 0 Å². The Kier molecular flexibility index (Phi) is 9.46. The molecule has 12 heteroatoms. The Bertz CT molecular complexity index is 1260. The van der Waals surface area contributed by atoms with Crippen molar-refractivity contribution in [1.29, 1.82) is 5.41 Å². The van der Waals surface area contributed by atoms with Crippen LogP contribution in [0, 0.1) is 5.41 Å². The van der Waals surface area contributed by atoms with Crippen LogP contribution in [0.15, 0.2) is 48.5 Å². The van der Waals surface area contributed by atoms with Crippen molar-refractivity contribution in [3.8, 4) is 0 Å². The summed E-state index contributed by atoms with van der Waals surface area (Å²) in [4.78, 5) is 54.4. The van der Waals surface area contributed by atoms with Gasteiger partial charge >= 0.3 is 18.0 Å². The van der Waals surface area contributed by atoms with Gasteiger partial charge in [0.15, 0.2) is 0 Å². The van der Waals surface area contributed by atoms with E-state index in [-0.39, 0.29) is 35.6 Å². The molecule has 2 aliphatic rings. The highest BCUT2D eigenvalue weighted by Gasteiger charge is 2.34. The molecule has 2 aromatic carbocycles. The molecule has 2 amide bonds. The van der Waals surface area contributed by atoms with Crippen molar-refractivity contribution in [2.24, 2.45) is 0 Å². The van der Waals surface area contributed by atoms with Crippen LogP contribution in [0.4, 0.5) is 10.5 Å². The minimum absolute atomic E-state index is 0.121. The number of anilines is 1. The van der Waals surface area contributed by atoms with E-state index >= 15 is 0 Å². The molecule has 2 N–H and O–H groups in total. The molecule has 1 atom stereocenters. The fourth-order valence-corrected chi connectivity index (χ4v) is 4.61. The molecule has 0 aliphatic carbocycles. The number of methoxy groups -OCH3 is 1. The first-order valence-electron chi connectivity index (χ1n) is 13.0. The predicted octanol–water partition coefficient (Wildman–Crippen LogP) is 1.73. The van der Waals surface area contributed by atoms with Crippen LogP contribution in [0.1, 0.15) is 33.2 Å². The van der Waals surface area contributed by atoms with Gasteiger partial charge in [0.05, 0.1) is 32.4 Å². The summed E-state index contributed by atoms with van der Waals surface area (Å²) in [6, 6.07) is 12.7. The van der Waals surface area contributed by atoms with E-state index in [0.29, 0.717) is 30.9 Å². The lowest BCUT2D eigenvalue weighted by molar-refractivity contribution is -0.144. The monoisotopic (exact) mass is 551 g/mol. The zero-order valence-electron chi connectivity index (χ0n) is 22.6. The van der Waals surface area contributed by atoms with Crippen LogP contribution in [0.2, 0.25) is 0 Å². The number of cyclic esters (lactones) is 1. The Balaban J connectivity index is 1.27. The number of hydrogen-bond acceptors (Lipinski definition) is 10. The molecule has 2 heterocycles. The van der Waals surface area contributed by atoms with E-state index in [1.807, 2.05) is 0 Å². The summed E-state index contributed by atoms with van der Waals surface area (Å²) in [5.41, 5.74) is 1.53. The van der Waals surface area contributed by atoms with Gasteiger partial charge < -0.3 is 19.5 Å². The number of hydrogen-bond donors (Lipinski definition) is 2. The van der Waals surface area contributed by atoms with Crippen molar-refractivity contribution in [3.05, 3.63) is 65.2 Å².